The molecule has 368 valence electrons. The van der Waals surface area contributed by atoms with Crippen LogP contribution in [0, 0.1) is 0 Å². The first-order valence-corrected chi connectivity index (χ1v) is 18.0. The van der Waals surface area contributed by atoms with E-state index in [9.17, 15) is 89.2 Å². The summed E-state index contributed by atoms with van der Waals surface area (Å²) >= 11 is 12.7. The standard InChI is InChI=1S/C28H36Cl2N2O2.2C4HF9O.2Co/c1-27(2,3)21-13-19(29)11-17(25(21)33)15-31-23-9-7-8-10-24(23)32-16-18-12-20(30)14-22(26(18)34)28(4,5)6;2*5-2(6,7)1(14,3(8,9)10)4(11,12)13;;/h11-16,23-24,33-34H,7-10H2,1-6H3;2*14H;;/q;;;2*+3. The van der Waals surface area contributed by atoms with Crippen molar-refractivity contribution in [2.75, 3.05) is 0 Å². The Morgan fingerprint density at radius 2 is 0.688 bits per heavy atom. The van der Waals surface area contributed by atoms with Gasteiger partial charge in [0.2, 0.25) is 0 Å². The zero-order valence-corrected chi connectivity index (χ0v) is 37.0. The largest absolute Gasteiger partial charge is 3.00 e. The minimum absolute atomic E-state index is 0. The fourth-order valence-corrected chi connectivity index (χ4v) is 5.79. The Bertz CT molecular complexity index is 1690. The summed E-state index contributed by atoms with van der Waals surface area (Å²) in [7, 11) is 0. The van der Waals surface area contributed by atoms with Gasteiger partial charge in [0.15, 0.2) is 0 Å². The van der Waals surface area contributed by atoms with Gasteiger partial charge in [-0.05, 0) is 47.9 Å². The zero-order chi connectivity index (χ0) is 49.3. The smallest absolute Gasteiger partial charge is 0.507 e. The van der Waals surface area contributed by atoms with E-state index in [4.69, 9.17) is 43.4 Å². The van der Waals surface area contributed by atoms with Crippen LogP contribution in [0.15, 0.2) is 34.3 Å². The number of rotatable bonds is 4. The van der Waals surface area contributed by atoms with Gasteiger partial charge < -0.3 is 20.4 Å². The number of benzene rings is 2. The van der Waals surface area contributed by atoms with Gasteiger partial charge in [-0.15, -0.1) is 0 Å². The molecule has 0 amide bonds. The normalized spacial score (nSPS) is 17.5. The van der Waals surface area contributed by atoms with Crippen LogP contribution in [-0.4, -0.2) is 93.2 Å². The first-order valence-electron chi connectivity index (χ1n) is 17.2. The molecule has 1 aliphatic carbocycles. The van der Waals surface area contributed by atoms with Crippen molar-refractivity contribution in [3.05, 3.63) is 56.6 Å². The van der Waals surface area contributed by atoms with Crippen molar-refractivity contribution in [3.63, 3.8) is 0 Å². The average Bonchev–Trinajstić information content (AvgIpc) is 3.05. The Morgan fingerprint density at radius 1 is 0.469 bits per heavy atom. The quantitative estimate of drug-likeness (QED) is 0.181. The van der Waals surface area contributed by atoms with Crippen molar-refractivity contribution in [2.24, 2.45) is 9.98 Å². The zero-order valence-electron chi connectivity index (χ0n) is 33.4. The number of phenolic OH excluding ortho intramolecular Hbond substituents is 2. The number of hydrogen-bond donors (Lipinski definition) is 4. The van der Waals surface area contributed by atoms with E-state index >= 15 is 0 Å². The molecule has 28 heteroatoms. The maximum atomic E-state index is 11.4. The summed E-state index contributed by atoms with van der Waals surface area (Å²) in [6.07, 6.45) is -33.8. The van der Waals surface area contributed by atoms with Gasteiger partial charge >= 0.3 is 81.8 Å². The van der Waals surface area contributed by atoms with Crippen molar-refractivity contribution in [3.8, 4) is 11.5 Å². The predicted molar refractivity (Wildman–Crippen MR) is 191 cm³/mol. The van der Waals surface area contributed by atoms with Crippen LogP contribution in [0.5, 0.6) is 11.5 Å². The van der Waals surface area contributed by atoms with E-state index in [2.05, 4.69) is 0 Å². The minimum atomic E-state index is -6.87. The third-order valence-electron chi connectivity index (χ3n) is 8.79. The van der Waals surface area contributed by atoms with Crippen LogP contribution >= 0.6 is 23.2 Å². The molecular formula is C36H38Cl2Co2F18N2O4+6. The van der Waals surface area contributed by atoms with Crippen molar-refractivity contribution < 1.29 is 133 Å². The Balaban J connectivity index is 0. The molecule has 2 atom stereocenters. The second kappa shape index (κ2) is 21.7. The van der Waals surface area contributed by atoms with E-state index in [0.29, 0.717) is 21.2 Å². The van der Waals surface area contributed by atoms with Crippen molar-refractivity contribution in [2.45, 2.75) is 138 Å². The van der Waals surface area contributed by atoms with Crippen LogP contribution in [0.1, 0.15) is 89.5 Å². The monoisotopic (exact) mass is 1090 g/mol. The molecule has 2 unspecified atom stereocenters. The number of phenols is 2. The summed E-state index contributed by atoms with van der Waals surface area (Å²) in [6.45, 7) is 12.3. The van der Waals surface area contributed by atoms with Crippen LogP contribution in [-0.2, 0) is 44.4 Å². The fourth-order valence-electron chi connectivity index (χ4n) is 5.34. The summed E-state index contributed by atoms with van der Waals surface area (Å²) in [6, 6.07) is 7.09. The molecule has 0 spiro atoms. The van der Waals surface area contributed by atoms with E-state index in [1.165, 1.54) is 0 Å². The van der Waals surface area contributed by atoms with Crippen LogP contribution in [0.4, 0.5) is 79.0 Å². The molecule has 0 radical (unpaired) electrons. The summed E-state index contributed by atoms with van der Waals surface area (Å²) < 4.78 is 205. The van der Waals surface area contributed by atoms with Crippen LogP contribution in [0.3, 0.4) is 0 Å². The predicted octanol–water partition coefficient (Wildman–Crippen LogP) is 12.7. The second-order valence-corrected chi connectivity index (χ2v) is 16.5. The first kappa shape index (κ1) is 63.7. The summed E-state index contributed by atoms with van der Waals surface area (Å²) in [4.78, 5) is 9.65. The number of halogens is 20. The Morgan fingerprint density at radius 3 is 0.859 bits per heavy atom. The van der Waals surface area contributed by atoms with Gasteiger partial charge in [0.05, 0.1) is 12.1 Å². The third kappa shape index (κ3) is 15.1. The second-order valence-electron chi connectivity index (χ2n) is 15.7. The van der Waals surface area contributed by atoms with Gasteiger partial charge in [0.25, 0.3) is 0 Å². The Kier molecular flexibility index (Phi) is 21.6. The molecule has 1 fully saturated rings. The summed E-state index contributed by atoms with van der Waals surface area (Å²) in [5.41, 5.74) is -11.0. The van der Waals surface area contributed by atoms with E-state index in [1.807, 2.05) is 53.7 Å². The van der Waals surface area contributed by atoms with E-state index in [1.54, 1.807) is 24.6 Å². The molecule has 6 nitrogen and oxygen atoms in total. The van der Waals surface area contributed by atoms with E-state index in [0.717, 1.165) is 36.8 Å². The number of aromatic hydroxyl groups is 2. The van der Waals surface area contributed by atoms with Gasteiger partial charge in [-0.3, -0.25) is 9.98 Å². The number of alkyl halides is 18. The molecule has 64 heavy (non-hydrogen) atoms. The summed E-state index contributed by atoms with van der Waals surface area (Å²) in [5, 5.41) is 38.1. The third-order valence-corrected chi connectivity index (χ3v) is 9.23. The van der Waals surface area contributed by atoms with Crippen LogP contribution in [0.25, 0.3) is 0 Å². The van der Waals surface area contributed by atoms with Crippen LogP contribution < -0.4 is 0 Å². The van der Waals surface area contributed by atoms with E-state index in [-0.39, 0.29) is 68.0 Å². The number of nitrogens with zero attached hydrogens (tertiary/aromatic N) is 2. The van der Waals surface area contributed by atoms with Gasteiger partial charge in [0, 0.05) is 44.7 Å². The van der Waals surface area contributed by atoms with Crippen molar-refractivity contribution in [1.82, 2.24) is 0 Å². The molecule has 0 saturated heterocycles. The minimum Gasteiger partial charge on any atom is -0.507 e. The van der Waals surface area contributed by atoms with Gasteiger partial charge in [-0.2, -0.15) is 79.0 Å². The molecule has 0 heterocycles. The Hall–Kier alpha value is -2.37. The van der Waals surface area contributed by atoms with Crippen molar-refractivity contribution in [1.29, 1.82) is 0 Å². The van der Waals surface area contributed by atoms with E-state index < -0.39 is 48.3 Å². The Labute approximate surface area is 383 Å². The first-order chi connectivity index (χ1) is 27.3. The molecule has 0 aromatic heterocycles. The molecular weight excluding hydrogens is 1060 g/mol. The number of aliphatic hydroxyl groups is 2. The van der Waals surface area contributed by atoms with Gasteiger partial charge in [-0.1, -0.05) is 77.6 Å². The molecule has 3 rings (SSSR count). The van der Waals surface area contributed by atoms with Gasteiger partial charge in [0.1, 0.15) is 11.5 Å². The average molecular weight is 1090 g/mol. The topological polar surface area (TPSA) is 106 Å². The number of hydrogen-bond acceptors (Lipinski definition) is 6. The number of aliphatic imine (C=N–C) groups is 2. The molecule has 1 aliphatic rings. The fraction of sp³-hybridized carbons (Fsp3) is 0.611. The molecule has 2 aromatic carbocycles. The maximum absolute atomic E-state index is 11.4. The SMILES string of the molecule is CC(C)(C)c1cc(Cl)cc(C=NC2CCCCC2N=Cc2cc(Cl)cc(C(C)(C)C)c2O)c1O.OC(C(F)(F)F)(C(F)(F)F)C(F)(F)F.OC(C(F)(F)F)(C(F)(F)F)C(F)(F)F.[Co+3].[Co+3]. The molecule has 0 aliphatic heterocycles. The van der Waals surface area contributed by atoms with Crippen LogP contribution in [0.2, 0.25) is 10.0 Å². The van der Waals surface area contributed by atoms with Crippen molar-refractivity contribution >= 4 is 35.6 Å². The molecule has 2 aromatic rings. The molecule has 1 saturated carbocycles. The molecule has 4 N–H and O–H groups in total. The summed E-state index contributed by atoms with van der Waals surface area (Å²) in [5.74, 6) is 0.435. The molecule has 0 bridgehead atoms. The maximum Gasteiger partial charge on any atom is 3.00 e. The van der Waals surface area contributed by atoms with Gasteiger partial charge in [-0.25, -0.2) is 0 Å².